The van der Waals surface area contributed by atoms with Crippen LogP contribution in [0.1, 0.15) is 55.0 Å². The third-order valence-corrected chi connectivity index (χ3v) is 6.93. The first-order chi connectivity index (χ1) is 17.1. The number of halogens is 2. The molecule has 178 valence electrons. The highest BCUT2D eigenvalue weighted by Gasteiger charge is 2.22. The van der Waals surface area contributed by atoms with Gasteiger partial charge in [0.05, 0.1) is 21.6 Å². The highest BCUT2D eigenvalue weighted by atomic mass is 79.9. The summed E-state index contributed by atoms with van der Waals surface area (Å²) in [6.07, 6.45) is 7.21. The van der Waals surface area contributed by atoms with Crippen molar-refractivity contribution < 1.29 is 9.13 Å². The van der Waals surface area contributed by atoms with E-state index in [4.69, 9.17) is 9.72 Å². The predicted octanol–water partition coefficient (Wildman–Crippen LogP) is 6.81. The van der Waals surface area contributed by atoms with Crippen molar-refractivity contribution in [3.8, 4) is 5.75 Å². The molecule has 0 saturated heterocycles. The van der Waals surface area contributed by atoms with E-state index in [1.54, 1.807) is 18.3 Å². The number of aromatic nitrogens is 2. The van der Waals surface area contributed by atoms with Gasteiger partial charge in [-0.2, -0.15) is 9.78 Å². The molecule has 3 aromatic carbocycles. The van der Waals surface area contributed by atoms with Crippen molar-refractivity contribution in [2.75, 3.05) is 0 Å². The molecule has 5 rings (SSSR count). The van der Waals surface area contributed by atoms with Gasteiger partial charge in [0.15, 0.2) is 0 Å². The maximum Gasteiger partial charge on any atom is 0.282 e. The summed E-state index contributed by atoms with van der Waals surface area (Å²) in [6, 6.07) is 19.3. The molecule has 1 saturated carbocycles. The van der Waals surface area contributed by atoms with Gasteiger partial charge >= 0.3 is 0 Å². The summed E-state index contributed by atoms with van der Waals surface area (Å²) in [7, 11) is 0. The van der Waals surface area contributed by atoms with E-state index in [-0.39, 0.29) is 23.9 Å². The van der Waals surface area contributed by atoms with Gasteiger partial charge in [-0.25, -0.2) is 9.37 Å². The normalized spacial score (nSPS) is 14.6. The summed E-state index contributed by atoms with van der Waals surface area (Å²) >= 11 is 3.54. The largest absolute Gasteiger partial charge is 0.488 e. The average molecular weight is 534 g/mol. The zero-order chi connectivity index (χ0) is 24.2. The van der Waals surface area contributed by atoms with Crippen LogP contribution in [0.15, 0.2) is 81.1 Å². The smallest absolute Gasteiger partial charge is 0.282 e. The lowest BCUT2D eigenvalue weighted by Gasteiger charge is -2.22. The SMILES string of the molecule is O=c1c2ccccc2nc(C2CCCCC2)n1N=Cc1ccc(OCc2cccc(F)c2)c(Br)c1. The van der Waals surface area contributed by atoms with Gasteiger partial charge in [0.2, 0.25) is 0 Å². The average Bonchev–Trinajstić information content (AvgIpc) is 2.88. The Labute approximate surface area is 211 Å². The molecule has 35 heavy (non-hydrogen) atoms. The van der Waals surface area contributed by atoms with E-state index < -0.39 is 0 Å². The Bertz CT molecular complexity index is 1440. The molecule has 0 atom stereocenters. The zero-order valence-corrected chi connectivity index (χ0v) is 20.7. The summed E-state index contributed by atoms with van der Waals surface area (Å²) in [5, 5.41) is 5.15. The van der Waals surface area contributed by atoms with Crippen molar-refractivity contribution >= 4 is 33.0 Å². The molecule has 7 heteroatoms. The Hall–Kier alpha value is -3.32. The number of fused-ring (bicyclic) bond motifs is 1. The third-order valence-electron chi connectivity index (χ3n) is 6.31. The zero-order valence-electron chi connectivity index (χ0n) is 19.2. The molecule has 1 aromatic heterocycles. The Morgan fingerprint density at radius 2 is 1.89 bits per heavy atom. The van der Waals surface area contributed by atoms with Gasteiger partial charge in [0.25, 0.3) is 5.56 Å². The first kappa shape index (κ1) is 23.4. The summed E-state index contributed by atoms with van der Waals surface area (Å²) in [5.74, 6) is 1.31. The molecule has 0 radical (unpaired) electrons. The molecular formula is C28H25BrFN3O2. The summed E-state index contributed by atoms with van der Waals surface area (Å²) in [6.45, 7) is 0.257. The standard InChI is InChI=1S/C28H25BrFN3O2/c29-24-16-19(13-14-26(24)35-18-20-7-6-10-22(30)15-20)17-31-33-27(21-8-2-1-3-9-21)32-25-12-5-4-11-23(25)28(33)34/h4-7,10-17,21H,1-3,8-9,18H2. The van der Waals surface area contributed by atoms with Crippen LogP contribution in [-0.2, 0) is 6.61 Å². The molecule has 0 spiro atoms. The lowest BCUT2D eigenvalue weighted by Crippen LogP contribution is -2.25. The van der Waals surface area contributed by atoms with Crippen molar-refractivity contribution in [1.29, 1.82) is 0 Å². The van der Waals surface area contributed by atoms with Gasteiger partial charge in [-0.1, -0.05) is 43.5 Å². The van der Waals surface area contributed by atoms with Crippen LogP contribution in [0, 0.1) is 5.82 Å². The van der Waals surface area contributed by atoms with E-state index in [9.17, 15) is 9.18 Å². The van der Waals surface area contributed by atoms with Crippen molar-refractivity contribution in [2.24, 2.45) is 5.10 Å². The van der Waals surface area contributed by atoms with Crippen LogP contribution in [0.5, 0.6) is 5.75 Å². The number of benzene rings is 3. The predicted molar refractivity (Wildman–Crippen MR) is 140 cm³/mol. The number of nitrogens with zero attached hydrogens (tertiary/aromatic N) is 3. The maximum absolute atomic E-state index is 13.4. The molecule has 0 bridgehead atoms. The van der Waals surface area contributed by atoms with Crippen LogP contribution in [0.25, 0.3) is 10.9 Å². The second-order valence-corrected chi connectivity index (χ2v) is 9.65. The van der Waals surface area contributed by atoms with Gasteiger partial charge in [-0.15, -0.1) is 0 Å². The van der Waals surface area contributed by atoms with Crippen LogP contribution in [0.3, 0.4) is 0 Å². The van der Waals surface area contributed by atoms with Crippen molar-refractivity contribution in [3.05, 3.63) is 104 Å². The van der Waals surface area contributed by atoms with Gasteiger partial charge in [0.1, 0.15) is 24.0 Å². The number of hydrogen-bond acceptors (Lipinski definition) is 4. The van der Waals surface area contributed by atoms with E-state index in [0.717, 1.165) is 47.1 Å². The first-order valence-corrected chi connectivity index (χ1v) is 12.6. The molecule has 1 aliphatic carbocycles. The molecule has 4 aromatic rings. The van der Waals surface area contributed by atoms with E-state index in [1.807, 2.05) is 42.5 Å². The fraction of sp³-hybridized carbons (Fsp3) is 0.250. The number of para-hydroxylation sites is 1. The van der Waals surface area contributed by atoms with Gasteiger partial charge < -0.3 is 4.74 Å². The Morgan fingerprint density at radius 1 is 1.06 bits per heavy atom. The topological polar surface area (TPSA) is 56.5 Å². The molecule has 5 nitrogen and oxygen atoms in total. The second kappa shape index (κ2) is 10.5. The summed E-state index contributed by atoms with van der Waals surface area (Å²) in [4.78, 5) is 18.2. The molecule has 0 unspecified atom stereocenters. The molecule has 1 heterocycles. The van der Waals surface area contributed by atoms with E-state index in [2.05, 4.69) is 21.0 Å². The lowest BCUT2D eigenvalue weighted by molar-refractivity contribution is 0.303. The number of ether oxygens (including phenoxy) is 1. The first-order valence-electron chi connectivity index (χ1n) is 11.8. The monoisotopic (exact) mass is 533 g/mol. The van der Waals surface area contributed by atoms with Crippen molar-refractivity contribution in [1.82, 2.24) is 9.66 Å². The quantitative estimate of drug-likeness (QED) is 0.256. The fourth-order valence-electron chi connectivity index (χ4n) is 4.50. The van der Waals surface area contributed by atoms with Crippen LogP contribution in [0.2, 0.25) is 0 Å². The Kier molecular flexibility index (Phi) is 7.04. The van der Waals surface area contributed by atoms with Gasteiger partial charge in [-0.3, -0.25) is 4.79 Å². The molecule has 1 aliphatic rings. The minimum Gasteiger partial charge on any atom is -0.488 e. The van der Waals surface area contributed by atoms with E-state index in [1.165, 1.54) is 23.2 Å². The highest BCUT2D eigenvalue weighted by molar-refractivity contribution is 9.10. The molecule has 0 aliphatic heterocycles. The van der Waals surface area contributed by atoms with Crippen LogP contribution < -0.4 is 10.3 Å². The van der Waals surface area contributed by atoms with Crippen molar-refractivity contribution in [3.63, 3.8) is 0 Å². The van der Waals surface area contributed by atoms with Crippen LogP contribution >= 0.6 is 15.9 Å². The Morgan fingerprint density at radius 3 is 2.69 bits per heavy atom. The number of rotatable bonds is 6. The molecule has 0 N–H and O–H groups in total. The summed E-state index contributed by atoms with van der Waals surface area (Å²) in [5.41, 5.74) is 2.12. The lowest BCUT2D eigenvalue weighted by atomic mass is 9.88. The number of hydrogen-bond donors (Lipinski definition) is 0. The molecular weight excluding hydrogens is 509 g/mol. The molecule has 0 amide bonds. The molecule has 1 fully saturated rings. The van der Waals surface area contributed by atoms with Crippen LogP contribution in [-0.4, -0.2) is 15.9 Å². The van der Waals surface area contributed by atoms with Crippen LogP contribution in [0.4, 0.5) is 4.39 Å². The van der Waals surface area contributed by atoms with Crippen molar-refractivity contribution in [2.45, 2.75) is 44.6 Å². The Balaban J connectivity index is 1.42. The van der Waals surface area contributed by atoms with E-state index >= 15 is 0 Å². The fourth-order valence-corrected chi connectivity index (χ4v) is 5.02. The minimum absolute atomic E-state index is 0.151. The maximum atomic E-state index is 13.4. The third kappa shape index (κ3) is 5.35. The highest BCUT2D eigenvalue weighted by Crippen LogP contribution is 2.32. The van der Waals surface area contributed by atoms with Gasteiger partial charge in [0, 0.05) is 5.92 Å². The van der Waals surface area contributed by atoms with Gasteiger partial charge in [-0.05, 0) is 82.4 Å². The minimum atomic E-state index is -0.289. The van der Waals surface area contributed by atoms with E-state index in [0.29, 0.717) is 16.7 Å². The second-order valence-electron chi connectivity index (χ2n) is 8.79. The summed E-state index contributed by atoms with van der Waals surface area (Å²) < 4.78 is 21.5.